The number of hydrogen-bond acceptors (Lipinski definition) is 4. The topological polar surface area (TPSA) is 79.3 Å². The highest BCUT2D eigenvalue weighted by Crippen LogP contribution is 2.28. The highest BCUT2D eigenvalue weighted by atomic mass is 32.2. The van der Waals surface area contributed by atoms with E-state index in [-0.39, 0.29) is 5.56 Å². The van der Waals surface area contributed by atoms with Crippen molar-refractivity contribution in [3.8, 4) is 0 Å². The van der Waals surface area contributed by atoms with Crippen LogP contribution in [0.2, 0.25) is 0 Å². The number of carboxylic acid groups (broad SMARTS) is 1. The first kappa shape index (κ1) is 15.7. The Morgan fingerprint density at radius 2 is 2.04 bits per heavy atom. The number of aromatic nitrogens is 1. The van der Waals surface area contributed by atoms with Crippen LogP contribution in [-0.4, -0.2) is 39.0 Å². The molecule has 0 radical (unpaired) electrons. The van der Waals surface area contributed by atoms with Gasteiger partial charge >= 0.3 is 5.97 Å². The monoisotopic (exact) mass is 334 g/mol. The fourth-order valence-corrected chi connectivity index (χ4v) is 3.92. The molecule has 1 aromatic carbocycles. The van der Waals surface area contributed by atoms with E-state index < -0.39 is 23.2 Å². The zero-order valence-electron chi connectivity index (χ0n) is 12.2. The maximum atomic E-state index is 13.8. The van der Waals surface area contributed by atoms with Gasteiger partial charge in [-0.2, -0.15) is 11.8 Å². The van der Waals surface area contributed by atoms with Crippen LogP contribution in [0.25, 0.3) is 10.9 Å². The SMILES string of the molecule is O=C(NC1(C(=O)O)CCSCC1)c1cc(F)cc2cccnc12. The predicted octanol–water partition coefficient (Wildman–Crippen LogP) is 2.45. The Bertz CT molecular complexity index is 775. The number of thioether (sulfide) groups is 1. The number of pyridine rings is 1. The molecule has 1 aliphatic rings. The van der Waals surface area contributed by atoms with Crippen LogP contribution < -0.4 is 5.32 Å². The van der Waals surface area contributed by atoms with Crippen molar-refractivity contribution in [1.29, 1.82) is 0 Å². The number of carbonyl (C=O) groups is 2. The molecule has 1 aromatic heterocycles. The summed E-state index contributed by atoms with van der Waals surface area (Å²) in [5.74, 6) is -0.898. The summed E-state index contributed by atoms with van der Waals surface area (Å²) < 4.78 is 13.8. The van der Waals surface area contributed by atoms with E-state index in [9.17, 15) is 19.1 Å². The Labute approximate surface area is 136 Å². The molecule has 1 aliphatic heterocycles. The molecule has 1 amide bonds. The van der Waals surface area contributed by atoms with Crippen LogP contribution in [0, 0.1) is 5.82 Å². The second kappa shape index (κ2) is 6.16. The highest BCUT2D eigenvalue weighted by Gasteiger charge is 2.41. The summed E-state index contributed by atoms with van der Waals surface area (Å²) in [7, 11) is 0. The molecule has 2 aromatic rings. The quantitative estimate of drug-likeness (QED) is 0.901. The number of halogens is 1. The van der Waals surface area contributed by atoms with Gasteiger partial charge in [0.05, 0.1) is 11.1 Å². The molecule has 5 nitrogen and oxygen atoms in total. The lowest BCUT2D eigenvalue weighted by atomic mass is 9.91. The molecule has 1 fully saturated rings. The van der Waals surface area contributed by atoms with Gasteiger partial charge in [0.25, 0.3) is 5.91 Å². The van der Waals surface area contributed by atoms with Crippen molar-refractivity contribution in [2.24, 2.45) is 0 Å². The van der Waals surface area contributed by atoms with Gasteiger partial charge < -0.3 is 10.4 Å². The van der Waals surface area contributed by atoms with Gasteiger partial charge in [0.1, 0.15) is 11.4 Å². The summed E-state index contributed by atoms with van der Waals surface area (Å²) in [6.45, 7) is 0. The van der Waals surface area contributed by atoms with Crippen LogP contribution in [0.4, 0.5) is 4.39 Å². The molecule has 3 rings (SSSR count). The zero-order chi connectivity index (χ0) is 16.4. The Kier molecular flexibility index (Phi) is 4.21. The molecule has 7 heteroatoms. The van der Waals surface area contributed by atoms with E-state index in [1.54, 1.807) is 23.9 Å². The average Bonchev–Trinajstić information content (AvgIpc) is 2.54. The van der Waals surface area contributed by atoms with E-state index >= 15 is 0 Å². The van der Waals surface area contributed by atoms with E-state index in [1.807, 2.05) is 0 Å². The van der Waals surface area contributed by atoms with Crippen molar-refractivity contribution < 1.29 is 19.1 Å². The fourth-order valence-electron chi connectivity index (χ4n) is 2.73. The normalized spacial score (nSPS) is 16.9. The minimum atomic E-state index is -1.30. The van der Waals surface area contributed by atoms with Crippen molar-refractivity contribution in [1.82, 2.24) is 10.3 Å². The lowest BCUT2D eigenvalue weighted by Gasteiger charge is -2.33. The first-order chi connectivity index (χ1) is 11.0. The van der Waals surface area contributed by atoms with Crippen molar-refractivity contribution in [3.05, 3.63) is 41.8 Å². The molecular formula is C16H15FN2O3S. The maximum absolute atomic E-state index is 13.8. The van der Waals surface area contributed by atoms with E-state index in [0.29, 0.717) is 35.3 Å². The lowest BCUT2D eigenvalue weighted by molar-refractivity contribution is -0.144. The molecule has 0 atom stereocenters. The van der Waals surface area contributed by atoms with Gasteiger partial charge in [0, 0.05) is 11.6 Å². The van der Waals surface area contributed by atoms with Gasteiger partial charge in [-0.1, -0.05) is 6.07 Å². The van der Waals surface area contributed by atoms with Crippen LogP contribution in [-0.2, 0) is 4.79 Å². The summed E-state index contributed by atoms with van der Waals surface area (Å²) in [4.78, 5) is 28.4. The largest absolute Gasteiger partial charge is 0.480 e. The molecule has 0 unspecified atom stereocenters. The van der Waals surface area contributed by atoms with Crippen molar-refractivity contribution >= 4 is 34.5 Å². The number of carboxylic acids is 1. The number of amides is 1. The summed E-state index contributed by atoms with van der Waals surface area (Å²) in [6.07, 6.45) is 2.21. The molecule has 0 spiro atoms. The van der Waals surface area contributed by atoms with Gasteiger partial charge in [-0.3, -0.25) is 9.78 Å². The summed E-state index contributed by atoms with van der Waals surface area (Å²) >= 11 is 1.66. The number of rotatable bonds is 3. The smallest absolute Gasteiger partial charge is 0.329 e. The molecule has 0 aliphatic carbocycles. The zero-order valence-corrected chi connectivity index (χ0v) is 13.0. The first-order valence-corrected chi connectivity index (χ1v) is 8.35. The lowest BCUT2D eigenvalue weighted by Crippen LogP contribution is -2.56. The standard InChI is InChI=1S/C16H15FN2O3S/c17-11-8-10-2-1-5-18-13(10)12(9-11)14(20)19-16(15(21)22)3-6-23-7-4-16/h1-2,5,8-9H,3-4,6-7H2,(H,19,20)(H,21,22). The number of carbonyl (C=O) groups excluding carboxylic acids is 1. The van der Waals surface area contributed by atoms with Crippen LogP contribution >= 0.6 is 11.8 Å². The maximum Gasteiger partial charge on any atom is 0.329 e. The minimum Gasteiger partial charge on any atom is -0.480 e. The van der Waals surface area contributed by atoms with Gasteiger partial charge in [-0.05, 0) is 42.5 Å². The second-order valence-corrected chi connectivity index (χ2v) is 6.71. The van der Waals surface area contributed by atoms with E-state index in [0.717, 1.165) is 6.07 Å². The van der Waals surface area contributed by atoms with E-state index in [1.165, 1.54) is 12.3 Å². The van der Waals surface area contributed by atoms with Crippen LogP contribution in [0.1, 0.15) is 23.2 Å². The Morgan fingerprint density at radius 3 is 2.74 bits per heavy atom. The third-order valence-corrected chi connectivity index (χ3v) is 5.01. The van der Waals surface area contributed by atoms with Crippen LogP contribution in [0.5, 0.6) is 0 Å². The number of benzene rings is 1. The number of fused-ring (bicyclic) bond motifs is 1. The summed E-state index contributed by atoms with van der Waals surface area (Å²) in [5, 5.41) is 12.6. The fraction of sp³-hybridized carbons (Fsp3) is 0.312. The molecule has 2 heterocycles. The number of nitrogens with zero attached hydrogens (tertiary/aromatic N) is 1. The van der Waals surface area contributed by atoms with Crippen LogP contribution in [0.3, 0.4) is 0 Å². The minimum absolute atomic E-state index is 0.0550. The predicted molar refractivity (Wildman–Crippen MR) is 86.1 cm³/mol. The third kappa shape index (κ3) is 3.01. The Balaban J connectivity index is 1.98. The summed E-state index contributed by atoms with van der Waals surface area (Å²) in [6, 6.07) is 5.70. The summed E-state index contributed by atoms with van der Waals surface area (Å²) in [5.41, 5.74) is -0.882. The van der Waals surface area contributed by atoms with Gasteiger partial charge in [-0.25, -0.2) is 9.18 Å². The third-order valence-electron chi connectivity index (χ3n) is 4.02. The second-order valence-electron chi connectivity index (χ2n) is 5.48. The number of aliphatic carboxylic acids is 1. The van der Waals surface area contributed by atoms with E-state index in [2.05, 4.69) is 10.3 Å². The van der Waals surface area contributed by atoms with E-state index in [4.69, 9.17) is 0 Å². The molecule has 0 saturated carbocycles. The average molecular weight is 334 g/mol. The molecule has 23 heavy (non-hydrogen) atoms. The van der Waals surface area contributed by atoms with Gasteiger partial charge in [-0.15, -0.1) is 0 Å². The molecule has 1 saturated heterocycles. The number of hydrogen-bond donors (Lipinski definition) is 2. The first-order valence-electron chi connectivity index (χ1n) is 7.20. The van der Waals surface area contributed by atoms with Crippen molar-refractivity contribution in [3.63, 3.8) is 0 Å². The number of nitrogens with one attached hydrogen (secondary N) is 1. The van der Waals surface area contributed by atoms with Crippen molar-refractivity contribution in [2.45, 2.75) is 18.4 Å². The molecule has 0 bridgehead atoms. The van der Waals surface area contributed by atoms with Crippen molar-refractivity contribution in [2.75, 3.05) is 11.5 Å². The molecule has 2 N–H and O–H groups in total. The van der Waals surface area contributed by atoms with Gasteiger partial charge in [0.15, 0.2) is 0 Å². The molecule has 120 valence electrons. The Hall–Kier alpha value is -2.15. The van der Waals surface area contributed by atoms with Gasteiger partial charge in [0.2, 0.25) is 0 Å². The van der Waals surface area contributed by atoms with Crippen LogP contribution in [0.15, 0.2) is 30.5 Å². The Morgan fingerprint density at radius 1 is 1.30 bits per heavy atom. The molecular weight excluding hydrogens is 319 g/mol. The highest BCUT2D eigenvalue weighted by molar-refractivity contribution is 7.99.